The lowest BCUT2D eigenvalue weighted by molar-refractivity contribution is -0.141. The second kappa shape index (κ2) is 6.99. The van der Waals surface area contributed by atoms with Crippen molar-refractivity contribution in [3.8, 4) is 0 Å². The SMILES string of the molecule is Cc1c(C(=O)NC(CC(C)C)C(=O)O)sc2nc(C(F)(F)F)ccc12. The van der Waals surface area contributed by atoms with E-state index in [1.54, 1.807) is 6.92 Å². The van der Waals surface area contributed by atoms with Gasteiger partial charge in [-0.05, 0) is 37.0 Å². The quantitative estimate of drug-likeness (QED) is 0.833. The molecule has 0 saturated carbocycles. The molecular weight excluding hydrogens is 357 g/mol. The Kier molecular flexibility index (Phi) is 5.36. The zero-order chi connectivity index (χ0) is 18.9. The van der Waals surface area contributed by atoms with Gasteiger partial charge in [-0.3, -0.25) is 4.79 Å². The van der Waals surface area contributed by atoms with Crippen LogP contribution in [-0.4, -0.2) is 28.0 Å². The molecule has 0 spiro atoms. The van der Waals surface area contributed by atoms with Crippen molar-refractivity contribution in [1.82, 2.24) is 10.3 Å². The molecule has 2 heterocycles. The average molecular weight is 374 g/mol. The fourth-order valence-electron chi connectivity index (χ4n) is 2.39. The van der Waals surface area contributed by atoms with Gasteiger partial charge in [-0.1, -0.05) is 13.8 Å². The van der Waals surface area contributed by atoms with E-state index in [0.717, 1.165) is 17.4 Å². The molecule has 1 unspecified atom stereocenters. The molecule has 0 saturated heterocycles. The van der Waals surface area contributed by atoms with Gasteiger partial charge < -0.3 is 10.4 Å². The number of hydrogen-bond donors (Lipinski definition) is 2. The largest absolute Gasteiger partial charge is 0.480 e. The molecule has 1 amide bonds. The molecule has 2 aromatic heterocycles. The van der Waals surface area contributed by atoms with Crippen molar-refractivity contribution in [2.45, 2.75) is 39.4 Å². The van der Waals surface area contributed by atoms with E-state index in [1.807, 2.05) is 13.8 Å². The summed E-state index contributed by atoms with van der Waals surface area (Å²) in [7, 11) is 0. The summed E-state index contributed by atoms with van der Waals surface area (Å²) in [4.78, 5) is 27.5. The average Bonchev–Trinajstić information content (AvgIpc) is 2.82. The molecule has 0 aliphatic rings. The highest BCUT2D eigenvalue weighted by Crippen LogP contribution is 2.34. The van der Waals surface area contributed by atoms with Crippen LogP contribution in [-0.2, 0) is 11.0 Å². The number of carbonyl (C=O) groups is 2. The van der Waals surface area contributed by atoms with E-state index in [2.05, 4.69) is 10.3 Å². The molecule has 2 aromatic rings. The van der Waals surface area contributed by atoms with Crippen molar-refractivity contribution in [1.29, 1.82) is 0 Å². The van der Waals surface area contributed by atoms with Crippen molar-refractivity contribution in [3.05, 3.63) is 28.3 Å². The number of hydrogen-bond acceptors (Lipinski definition) is 4. The van der Waals surface area contributed by atoms with Crippen LogP contribution in [0.3, 0.4) is 0 Å². The van der Waals surface area contributed by atoms with E-state index in [4.69, 9.17) is 0 Å². The van der Waals surface area contributed by atoms with E-state index in [-0.39, 0.29) is 22.0 Å². The number of pyridine rings is 1. The third-order valence-electron chi connectivity index (χ3n) is 3.61. The number of aliphatic carboxylic acids is 1. The van der Waals surface area contributed by atoms with Crippen molar-refractivity contribution >= 4 is 33.4 Å². The topological polar surface area (TPSA) is 79.3 Å². The second-order valence-corrected chi connectivity index (χ2v) is 7.10. The Labute approximate surface area is 145 Å². The van der Waals surface area contributed by atoms with Crippen molar-refractivity contribution < 1.29 is 27.9 Å². The summed E-state index contributed by atoms with van der Waals surface area (Å²) >= 11 is 0.819. The van der Waals surface area contributed by atoms with Crippen LogP contribution in [0.5, 0.6) is 0 Å². The maximum Gasteiger partial charge on any atom is 0.433 e. The molecule has 2 N–H and O–H groups in total. The van der Waals surface area contributed by atoms with Crippen LogP contribution in [0, 0.1) is 12.8 Å². The maximum atomic E-state index is 12.8. The molecule has 5 nitrogen and oxygen atoms in total. The minimum absolute atomic E-state index is 0.0564. The molecule has 136 valence electrons. The van der Waals surface area contributed by atoms with Gasteiger partial charge >= 0.3 is 12.1 Å². The number of carboxylic acid groups (broad SMARTS) is 1. The lowest BCUT2D eigenvalue weighted by Gasteiger charge is -2.16. The first kappa shape index (κ1) is 19.2. The van der Waals surface area contributed by atoms with Gasteiger partial charge in [-0.25, -0.2) is 9.78 Å². The lowest BCUT2D eigenvalue weighted by atomic mass is 10.0. The maximum absolute atomic E-state index is 12.8. The summed E-state index contributed by atoms with van der Waals surface area (Å²) in [5.74, 6) is -1.72. The number of nitrogens with one attached hydrogen (secondary N) is 1. The van der Waals surface area contributed by atoms with Gasteiger partial charge in [-0.15, -0.1) is 11.3 Å². The minimum atomic E-state index is -4.57. The lowest BCUT2D eigenvalue weighted by Crippen LogP contribution is -2.41. The molecule has 9 heteroatoms. The number of carboxylic acids is 1. The van der Waals surface area contributed by atoms with E-state index >= 15 is 0 Å². The van der Waals surface area contributed by atoms with Gasteiger partial charge in [0.1, 0.15) is 16.6 Å². The number of carbonyl (C=O) groups excluding carboxylic acids is 1. The van der Waals surface area contributed by atoms with Gasteiger partial charge in [0.25, 0.3) is 5.91 Å². The van der Waals surface area contributed by atoms with Crippen LogP contribution in [0.25, 0.3) is 10.2 Å². The highest BCUT2D eigenvalue weighted by atomic mass is 32.1. The summed E-state index contributed by atoms with van der Waals surface area (Å²) < 4.78 is 38.3. The van der Waals surface area contributed by atoms with Gasteiger partial charge in [0.05, 0.1) is 4.88 Å². The first-order valence-electron chi connectivity index (χ1n) is 7.51. The van der Waals surface area contributed by atoms with Gasteiger partial charge in [0, 0.05) is 5.39 Å². The second-order valence-electron chi connectivity index (χ2n) is 6.10. The molecule has 0 aromatic carbocycles. The number of fused-ring (bicyclic) bond motifs is 1. The van der Waals surface area contributed by atoms with Crippen LogP contribution >= 0.6 is 11.3 Å². The Balaban J connectivity index is 2.35. The van der Waals surface area contributed by atoms with Gasteiger partial charge in [0.2, 0.25) is 0 Å². The fourth-order valence-corrected chi connectivity index (χ4v) is 3.47. The van der Waals surface area contributed by atoms with Crippen LogP contribution in [0.1, 0.15) is 41.2 Å². The third kappa shape index (κ3) is 4.28. The number of amides is 1. The number of aromatic nitrogens is 1. The highest BCUT2D eigenvalue weighted by Gasteiger charge is 2.33. The predicted octanol–water partition coefficient (Wildman–Crippen LogP) is 3.85. The zero-order valence-corrected chi connectivity index (χ0v) is 14.6. The number of thiophene rings is 1. The first-order chi connectivity index (χ1) is 11.5. The van der Waals surface area contributed by atoms with Crippen molar-refractivity contribution in [3.63, 3.8) is 0 Å². The van der Waals surface area contributed by atoms with E-state index < -0.39 is 29.8 Å². The third-order valence-corrected chi connectivity index (χ3v) is 4.81. The van der Waals surface area contributed by atoms with E-state index in [0.29, 0.717) is 10.9 Å². The van der Waals surface area contributed by atoms with Gasteiger partial charge in [0.15, 0.2) is 0 Å². The number of rotatable bonds is 5. The van der Waals surface area contributed by atoms with Gasteiger partial charge in [-0.2, -0.15) is 13.2 Å². The zero-order valence-electron chi connectivity index (χ0n) is 13.8. The fraction of sp³-hybridized carbons (Fsp3) is 0.438. The first-order valence-corrected chi connectivity index (χ1v) is 8.33. The summed E-state index contributed by atoms with van der Waals surface area (Å²) in [5.41, 5.74) is -0.552. The van der Waals surface area contributed by atoms with Crippen LogP contribution in [0.15, 0.2) is 12.1 Å². The van der Waals surface area contributed by atoms with Crippen LogP contribution < -0.4 is 5.32 Å². The number of halogens is 3. The number of nitrogens with zero attached hydrogens (tertiary/aromatic N) is 1. The molecular formula is C16H17F3N2O3S. The predicted molar refractivity (Wildman–Crippen MR) is 87.7 cm³/mol. The molecule has 25 heavy (non-hydrogen) atoms. The monoisotopic (exact) mass is 374 g/mol. The van der Waals surface area contributed by atoms with Crippen molar-refractivity contribution in [2.24, 2.45) is 5.92 Å². The molecule has 0 radical (unpaired) electrons. The Morgan fingerprint density at radius 3 is 2.48 bits per heavy atom. The van der Waals surface area contributed by atoms with Crippen molar-refractivity contribution in [2.75, 3.05) is 0 Å². The summed E-state index contributed by atoms with van der Waals surface area (Å²) in [6, 6.07) is 1.08. The summed E-state index contributed by atoms with van der Waals surface area (Å²) in [5, 5.41) is 12.1. The molecule has 0 bridgehead atoms. The summed E-state index contributed by atoms with van der Waals surface area (Å²) in [6.07, 6.45) is -4.32. The Bertz CT molecular complexity index is 815. The van der Waals surface area contributed by atoms with E-state index in [1.165, 1.54) is 6.07 Å². The molecule has 1 atom stereocenters. The standard InChI is InChI=1S/C16H17F3N2O3S/c1-7(2)6-10(15(23)24)20-13(22)12-8(3)9-4-5-11(16(17,18)19)21-14(9)25-12/h4-5,7,10H,6H2,1-3H3,(H,20,22)(H,23,24). The molecule has 2 rings (SSSR count). The Morgan fingerprint density at radius 1 is 1.32 bits per heavy atom. The van der Waals surface area contributed by atoms with Crippen LogP contribution in [0.2, 0.25) is 0 Å². The normalized spacial score (nSPS) is 13.2. The smallest absolute Gasteiger partial charge is 0.433 e. The van der Waals surface area contributed by atoms with E-state index in [9.17, 15) is 27.9 Å². The molecule has 0 fully saturated rings. The highest BCUT2D eigenvalue weighted by molar-refractivity contribution is 7.20. The Hall–Kier alpha value is -2.16. The number of aryl methyl sites for hydroxylation is 1. The van der Waals surface area contributed by atoms with Crippen LogP contribution in [0.4, 0.5) is 13.2 Å². The number of alkyl halides is 3. The Morgan fingerprint density at radius 2 is 1.96 bits per heavy atom. The molecule has 0 aliphatic heterocycles. The minimum Gasteiger partial charge on any atom is -0.480 e. The summed E-state index contributed by atoms with van der Waals surface area (Å²) in [6.45, 7) is 5.26. The molecule has 0 aliphatic carbocycles.